The number of β-amino-alcohol motifs (C(OH)–C–C–N with tert-alkyl or cyclic N) is 1. The minimum atomic E-state index is -0.301. The van der Waals surface area contributed by atoms with E-state index in [2.05, 4.69) is 20.4 Å². The first-order chi connectivity index (χ1) is 8.33. The standard InChI is InChI=1S/C11H18N4O2/c16-8-6-9(12-7-8)10-13-11(14-17-10)15-4-2-1-3-5-15/h8-9,12,16H,1-7H2/t8?,9-/m0/s1. The summed E-state index contributed by atoms with van der Waals surface area (Å²) >= 11 is 0. The summed E-state index contributed by atoms with van der Waals surface area (Å²) in [6.45, 7) is 2.63. The van der Waals surface area contributed by atoms with Crippen LogP contribution in [-0.2, 0) is 0 Å². The Kier molecular flexibility index (Phi) is 2.98. The summed E-state index contributed by atoms with van der Waals surface area (Å²) in [7, 11) is 0. The Hall–Kier alpha value is -1.14. The van der Waals surface area contributed by atoms with Crippen LogP contribution in [0.3, 0.4) is 0 Å². The zero-order valence-corrected chi connectivity index (χ0v) is 9.80. The van der Waals surface area contributed by atoms with Crippen molar-refractivity contribution in [3.63, 3.8) is 0 Å². The van der Waals surface area contributed by atoms with Gasteiger partial charge in [-0.15, -0.1) is 0 Å². The molecule has 2 aliphatic heterocycles. The molecule has 0 aliphatic carbocycles. The summed E-state index contributed by atoms with van der Waals surface area (Å²) in [5.74, 6) is 1.30. The lowest BCUT2D eigenvalue weighted by Gasteiger charge is -2.24. The van der Waals surface area contributed by atoms with Crippen LogP contribution >= 0.6 is 0 Å². The lowest BCUT2D eigenvalue weighted by molar-refractivity contribution is 0.191. The third-order valence-corrected chi connectivity index (χ3v) is 3.48. The molecule has 94 valence electrons. The number of rotatable bonds is 2. The number of aliphatic hydroxyl groups is 1. The van der Waals surface area contributed by atoms with Crippen molar-refractivity contribution in [1.82, 2.24) is 15.5 Å². The van der Waals surface area contributed by atoms with Crippen LogP contribution in [0.5, 0.6) is 0 Å². The van der Waals surface area contributed by atoms with Crippen LogP contribution in [0, 0.1) is 0 Å². The van der Waals surface area contributed by atoms with Crippen LogP contribution in [0.25, 0.3) is 0 Å². The van der Waals surface area contributed by atoms with E-state index in [1.165, 1.54) is 19.3 Å². The SMILES string of the molecule is OC1CN[C@H](c2nc(N3CCCCC3)no2)C1. The topological polar surface area (TPSA) is 74.4 Å². The van der Waals surface area contributed by atoms with E-state index in [1.54, 1.807) is 0 Å². The molecule has 0 spiro atoms. The minimum Gasteiger partial charge on any atom is -0.392 e. The van der Waals surface area contributed by atoms with E-state index in [1.807, 2.05) is 0 Å². The molecule has 6 heteroatoms. The van der Waals surface area contributed by atoms with E-state index >= 15 is 0 Å². The Bertz CT molecular complexity index is 356. The van der Waals surface area contributed by atoms with Gasteiger partial charge in [0.05, 0.1) is 12.1 Å². The van der Waals surface area contributed by atoms with Crippen LogP contribution in [0.1, 0.15) is 37.6 Å². The van der Waals surface area contributed by atoms with E-state index in [9.17, 15) is 5.11 Å². The molecule has 0 aromatic carbocycles. The van der Waals surface area contributed by atoms with Crippen LogP contribution in [0.4, 0.5) is 5.95 Å². The molecule has 0 saturated carbocycles. The minimum absolute atomic E-state index is 0.0102. The van der Waals surface area contributed by atoms with Crippen molar-refractivity contribution in [3.05, 3.63) is 5.89 Å². The van der Waals surface area contributed by atoms with Gasteiger partial charge in [-0.1, -0.05) is 0 Å². The number of nitrogens with zero attached hydrogens (tertiary/aromatic N) is 3. The first-order valence-corrected chi connectivity index (χ1v) is 6.33. The second-order valence-corrected chi connectivity index (χ2v) is 4.83. The van der Waals surface area contributed by atoms with Gasteiger partial charge in [0.2, 0.25) is 5.89 Å². The Morgan fingerprint density at radius 3 is 2.82 bits per heavy atom. The average Bonchev–Trinajstić information content (AvgIpc) is 2.98. The molecule has 0 amide bonds. The molecular weight excluding hydrogens is 220 g/mol. The van der Waals surface area contributed by atoms with Gasteiger partial charge in [0, 0.05) is 19.6 Å². The molecule has 0 bridgehead atoms. The molecule has 1 aromatic rings. The number of piperidine rings is 1. The molecule has 2 N–H and O–H groups in total. The Labute approximate surface area is 100.0 Å². The maximum absolute atomic E-state index is 9.45. The van der Waals surface area contributed by atoms with Gasteiger partial charge in [0.15, 0.2) is 0 Å². The predicted molar refractivity (Wildman–Crippen MR) is 61.7 cm³/mol. The number of nitrogens with one attached hydrogen (secondary N) is 1. The number of aliphatic hydroxyl groups excluding tert-OH is 1. The van der Waals surface area contributed by atoms with Crippen molar-refractivity contribution in [3.8, 4) is 0 Å². The molecule has 0 radical (unpaired) electrons. The molecule has 2 atom stereocenters. The van der Waals surface area contributed by atoms with Crippen molar-refractivity contribution < 1.29 is 9.63 Å². The summed E-state index contributed by atoms with van der Waals surface area (Å²) in [4.78, 5) is 6.59. The van der Waals surface area contributed by atoms with Crippen LogP contribution in [-0.4, -0.2) is 41.0 Å². The highest BCUT2D eigenvalue weighted by atomic mass is 16.5. The molecule has 2 fully saturated rings. The average molecular weight is 238 g/mol. The van der Waals surface area contributed by atoms with E-state index < -0.39 is 0 Å². The molecule has 3 heterocycles. The van der Waals surface area contributed by atoms with Gasteiger partial charge < -0.3 is 19.8 Å². The fourth-order valence-corrected chi connectivity index (χ4v) is 2.50. The highest BCUT2D eigenvalue weighted by Gasteiger charge is 2.29. The van der Waals surface area contributed by atoms with E-state index in [4.69, 9.17) is 4.52 Å². The van der Waals surface area contributed by atoms with E-state index in [0.29, 0.717) is 24.8 Å². The van der Waals surface area contributed by atoms with Gasteiger partial charge in [-0.2, -0.15) is 4.98 Å². The number of hydrogen-bond acceptors (Lipinski definition) is 6. The lowest BCUT2D eigenvalue weighted by Crippen LogP contribution is -2.30. The molecule has 2 saturated heterocycles. The quantitative estimate of drug-likeness (QED) is 0.779. The number of aromatic nitrogens is 2. The second-order valence-electron chi connectivity index (χ2n) is 4.83. The molecule has 2 aliphatic rings. The normalized spacial score (nSPS) is 29.8. The Balaban J connectivity index is 1.69. The zero-order valence-electron chi connectivity index (χ0n) is 9.80. The smallest absolute Gasteiger partial charge is 0.266 e. The van der Waals surface area contributed by atoms with Crippen molar-refractivity contribution in [2.75, 3.05) is 24.5 Å². The fraction of sp³-hybridized carbons (Fsp3) is 0.818. The third kappa shape index (κ3) is 2.28. The largest absolute Gasteiger partial charge is 0.392 e. The van der Waals surface area contributed by atoms with Crippen molar-refractivity contribution >= 4 is 5.95 Å². The van der Waals surface area contributed by atoms with Gasteiger partial charge in [-0.25, -0.2) is 0 Å². The van der Waals surface area contributed by atoms with Gasteiger partial charge >= 0.3 is 0 Å². The van der Waals surface area contributed by atoms with Gasteiger partial charge in [0.25, 0.3) is 5.95 Å². The number of hydrogen-bond donors (Lipinski definition) is 2. The second kappa shape index (κ2) is 4.62. The summed E-state index contributed by atoms with van der Waals surface area (Å²) in [5, 5.41) is 16.7. The summed E-state index contributed by atoms with van der Waals surface area (Å²) < 4.78 is 5.27. The van der Waals surface area contributed by atoms with Gasteiger partial charge in [-0.3, -0.25) is 0 Å². The first-order valence-electron chi connectivity index (χ1n) is 6.33. The van der Waals surface area contributed by atoms with E-state index in [-0.39, 0.29) is 12.1 Å². The zero-order chi connectivity index (χ0) is 11.7. The summed E-state index contributed by atoms with van der Waals surface area (Å²) in [6.07, 6.45) is 4.04. The summed E-state index contributed by atoms with van der Waals surface area (Å²) in [5.41, 5.74) is 0. The van der Waals surface area contributed by atoms with E-state index in [0.717, 1.165) is 13.1 Å². The molecule has 6 nitrogen and oxygen atoms in total. The molecule has 1 unspecified atom stereocenters. The van der Waals surface area contributed by atoms with Crippen molar-refractivity contribution in [1.29, 1.82) is 0 Å². The van der Waals surface area contributed by atoms with Crippen LogP contribution in [0.2, 0.25) is 0 Å². The highest BCUT2D eigenvalue weighted by Crippen LogP contribution is 2.24. The molecule has 17 heavy (non-hydrogen) atoms. The van der Waals surface area contributed by atoms with Crippen molar-refractivity contribution in [2.45, 2.75) is 37.8 Å². The first kappa shape index (κ1) is 11.0. The lowest BCUT2D eigenvalue weighted by atomic mass is 10.1. The highest BCUT2D eigenvalue weighted by molar-refractivity contribution is 5.28. The third-order valence-electron chi connectivity index (χ3n) is 3.48. The maximum Gasteiger partial charge on any atom is 0.266 e. The Morgan fingerprint density at radius 2 is 2.12 bits per heavy atom. The fourth-order valence-electron chi connectivity index (χ4n) is 2.50. The molecule has 1 aromatic heterocycles. The Morgan fingerprint density at radius 1 is 1.29 bits per heavy atom. The number of anilines is 1. The van der Waals surface area contributed by atoms with Crippen molar-refractivity contribution in [2.24, 2.45) is 0 Å². The maximum atomic E-state index is 9.45. The predicted octanol–water partition coefficient (Wildman–Crippen LogP) is 0.455. The van der Waals surface area contributed by atoms with Crippen LogP contribution in [0.15, 0.2) is 4.52 Å². The van der Waals surface area contributed by atoms with Gasteiger partial charge in [-0.05, 0) is 30.8 Å². The molecule has 3 rings (SSSR count). The molecular formula is C11H18N4O2. The monoisotopic (exact) mass is 238 g/mol. The summed E-state index contributed by atoms with van der Waals surface area (Å²) in [6, 6.07) is 0.0102. The van der Waals surface area contributed by atoms with Crippen LogP contribution < -0.4 is 10.2 Å². The van der Waals surface area contributed by atoms with Gasteiger partial charge in [0.1, 0.15) is 0 Å².